The highest BCUT2D eigenvalue weighted by atomic mass is 16.6. The van der Waals surface area contributed by atoms with Crippen molar-refractivity contribution < 1.29 is 33.7 Å². The van der Waals surface area contributed by atoms with E-state index in [0.717, 1.165) is 22.3 Å². The zero-order chi connectivity index (χ0) is 24.9. The fourth-order valence-electron chi connectivity index (χ4n) is 4.30. The van der Waals surface area contributed by atoms with Crippen molar-refractivity contribution in [3.8, 4) is 22.6 Å². The molecule has 0 aromatic heterocycles. The number of aliphatic carboxylic acids is 1. The van der Waals surface area contributed by atoms with Crippen molar-refractivity contribution in [3.05, 3.63) is 83.4 Å². The quantitative estimate of drug-likeness (QED) is 0.372. The summed E-state index contributed by atoms with van der Waals surface area (Å²) in [5.41, 5.74) is 4.91. The maximum Gasteiger partial charge on any atom is 0.407 e. The van der Waals surface area contributed by atoms with Crippen molar-refractivity contribution in [1.82, 2.24) is 5.32 Å². The summed E-state index contributed by atoms with van der Waals surface area (Å²) < 4.78 is 15.8. The van der Waals surface area contributed by atoms with Gasteiger partial charge in [-0.1, -0.05) is 54.6 Å². The first-order valence-electron chi connectivity index (χ1n) is 11.1. The van der Waals surface area contributed by atoms with E-state index < -0.39 is 24.1 Å². The van der Waals surface area contributed by atoms with Crippen molar-refractivity contribution in [1.29, 1.82) is 0 Å². The Morgan fingerprint density at radius 2 is 1.57 bits per heavy atom. The van der Waals surface area contributed by atoms with E-state index in [1.165, 1.54) is 20.1 Å². The first-order valence-corrected chi connectivity index (χ1v) is 11.1. The third kappa shape index (κ3) is 5.27. The SMILES string of the molecule is COc1cc(CC(NC(=O)OCC2c3ccccc3-c3ccccc32)C(=O)O)ccc1OC(C)=O. The normalized spacial score (nSPS) is 12.7. The monoisotopic (exact) mass is 475 g/mol. The van der Waals surface area contributed by atoms with Gasteiger partial charge in [0.2, 0.25) is 0 Å². The Balaban J connectivity index is 1.42. The Bertz CT molecular complexity index is 1220. The maximum absolute atomic E-state index is 12.5. The second kappa shape index (κ2) is 10.3. The molecule has 0 fully saturated rings. The number of hydrogen-bond donors (Lipinski definition) is 2. The van der Waals surface area contributed by atoms with Crippen LogP contribution < -0.4 is 14.8 Å². The van der Waals surface area contributed by atoms with Gasteiger partial charge in [0, 0.05) is 19.3 Å². The molecule has 3 aromatic rings. The Morgan fingerprint density at radius 3 is 2.14 bits per heavy atom. The molecule has 8 heteroatoms. The summed E-state index contributed by atoms with van der Waals surface area (Å²) in [5, 5.41) is 12.1. The number of benzene rings is 3. The molecule has 0 bridgehead atoms. The largest absolute Gasteiger partial charge is 0.493 e. The number of carbonyl (C=O) groups excluding carboxylic acids is 2. The topological polar surface area (TPSA) is 111 Å². The van der Waals surface area contributed by atoms with Crippen molar-refractivity contribution in [2.24, 2.45) is 0 Å². The summed E-state index contributed by atoms with van der Waals surface area (Å²) >= 11 is 0. The van der Waals surface area contributed by atoms with Crippen LogP contribution in [0.25, 0.3) is 11.1 Å². The molecule has 0 saturated heterocycles. The second-order valence-electron chi connectivity index (χ2n) is 8.14. The van der Waals surface area contributed by atoms with Gasteiger partial charge >= 0.3 is 18.0 Å². The first-order chi connectivity index (χ1) is 16.9. The number of nitrogens with one attached hydrogen (secondary N) is 1. The smallest absolute Gasteiger partial charge is 0.407 e. The highest BCUT2D eigenvalue weighted by molar-refractivity contribution is 5.81. The van der Waals surface area contributed by atoms with Crippen LogP contribution in [0.4, 0.5) is 4.79 Å². The molecule has 180 valence electrons. The third-order valence-corrected chi connectivity index (χ3v) is 5.86. The fourth-order valence-corrected chi connectivity index (χ4v) is 4.30. The van der Waals surface area contributed by atoms with Crippen LogP contribution in [-0.2, 0) is 20.7 Å². The number of alkyl carbamates (subject to hydrolysis) is 1. The predicted octanol–water partition coefficient (Wildman–Crippen LogP) is 4.15. The molecule has 35 heavy (non-hydrogen) atoms. The van der Waals surface area contributed by atoms with Crippen LogP contribution >= 0.6 is 0 Å². The summed E-state index contributed by atoms with van der Waals surface area (Å²) in [6, 6.07) is 19.4. The van der Waals surface area contributed by atoms with Gasteiger partial charge in [-0.3, -0.25) is 4.79 Å². The van der Waals surface area contributed by atoms with Crippen molar-refractivity contribution in [2.45, 2.75) is 25.3 Å². The zero-order valence-electron chi connectivity index (χ0n) is 19.3. The van der Waals surface area contributed by atoms with Gasteiger partial charge in [0.25, 0.3) is 0 Å². The van der Waals surface area contributed by atoms with Crippen molar-refractivity contribution in [2.75, 3.05) is 13.7 Å². The molecule has 1 aliphatic rings. The summed E-state index contributed by atoms with van der Waals surface area (Å²) in [4.78, 5) is 35.6. The van der Waals surface area contributed by atoms with Crippen LogP contribution in [0.2, 0.25) is 0 Å². The molecule has 4 rings (SSSR count). The second-order valence-corrected chi connectivity index (χ2v) is 8.14. The van der Waals surface area contributed by atoms with Crippen LogP contribution in [0.1, 0.15) is 29.5 Å². The van der Waals surface area contributed by atoms with E-state index in [4.69, 9.17) is 14.2 Å². The van der Waals surface area contributed by atoms with E-state index in [1.807, 2.05) is 48.5 Å². The zero-order valence-corrected chi connectivity index (χ0v) is 19.3. The predicted molar refractivity (Wildman–Crippen MR) is 128 cm³/mol. The van der Waals surface area contributed by atoms with E-state index in [9.17, 15) is 19.5 Å². The molecule has 0 saturated carbocycles. The number of amides is 1. The number of rotatable bonds is 8. The van der Waals surface area contributed by atoms with Gasteiger partial charge in [0.15, 0.2) is 11.5 Å². The number of fused-ring (bicyclic) bond motifs is 3. The number of carboxylic acids is 1. The lowest BCUT2D eigenvalue weighted by Gasteiger charge is -2.18. The minimum absolute atomic E-state index is 0.0176. The van der Waals surface area contributed by atoms with E-state index >= 15 is 0 Å². The summed E-state index contributed by atoms with van der Waals surface area (Å²) in [5.74, 6) is -1.34. The van der Waals surface area contributed by atoms with Gasteiger partial charge in [-0.25, -0.2) is 9.59 Å². The summed E-state index contributed by atoms with van der Waals surface area (Å²) in [7, 11) is 1.41. The number of methoxy groups -OCH3 is 1. The van der Waals surface area contributed by atoms with Crippen LogP contribution in [-0.4, -0.2) is 42.9 Å². The Kier molecular flexibility index (Phi) is 7.01. The Morgan fingerprint density at radius 1 is 0.943 bits per heavy atom. The maximum atomic E-state index is 12.5. The Labute approximate surface area is 202 Å². The highest BCUT2D eigenvalue weighted by Crippen LogP contribution is 2.44. The van der Waals surface area contributed by atoms with E-state index in [-0.39, 0.29) is 30.4 Å². The van der Waals surface area contributed by atoms with Crippen LogP contribution in [0.15, 0.2) is 66.7 Å². The summed E-state index contributed by atoms with van der Waals surface area (Å²) in [6.07, 6.45) is -0.835. The number of ether oxygens (including phenoxy) is 3. The van der Waals surface area contributed by atoms with E-state index in [1.54, 1.807) is 12.1 Å². The molecule has 0 aliphatic heterocycles. The lowest BCUT2D eigenvalue weighted by molar-refractivity contribution is -0.139. The van der Waals surface area contributed by atoms with Gasteiger partial charge in [-0.05, 0) is 39.9 Å². The van der Waals surface area contributed by atoms with Crippen molar-refractivity contribution >= 4 is 18.0 Å². The Hall–Kier alpha value is -4.33. The van der Waals surface area contributed by atoms with Crippen LogP contribution in [0, 0.1) is 0 Å². The van der Waals surface area contributed by atoms with Gasteiger partial charge in [-0.15, -0.1) is 0 Å². The molecule has 8 nitrogen and oxygen atoms in total. The minimum Gasteiger partial charge on any atom is -0.493 e. The van der Waals surface area contributed by atoms with Gasteiger partial charge in [-0.2, -0.15) is 0 Å². The fraction of sp³-hybridized carbons (Fsp3) is 0.222. The average molecular weight is 475 g/mol. The number of carboxylic acid groups (broad SMARTS) is 1. The van der Waals surface area contributed by atoms with E-state index in [2.05, 4.69) is 5.32 Å². The molecule has 3 aromatic carbocycles. The number of esters is 1. The first kappa shape index (κ1) is 23.8. The van der Waals surface area contributed by atoms with Gasteiger partial charge in [0.05, 0.1) is 7.11 Å². The molecule has 0 heterocycles. The van der Waals surface area contributed by atoms with E-state index in [0.29, 0.717) is 5.56 Å². The van der Waals surface area contributed by atoms with Crippen LogP contribution in [0.3, 0.4) is 0 Å². The number of carbonyl (C=O) groups is 3. The molecule has 2 N–H and O–H groups in total. The molecule has 1 unspecified atom stereocenters. The lowest BCUT2D eigenvalue weighted by Crippen LogP contribution is -2.42. The van der Waals surface area contributed by atoms with Crippen LogP contribution in [0.5, 0.6) is 11.5 Å². The molecular weight excluding hydrogens is 450 g/mol. The van der Waals surface area contributed by atoms with Gasteiger partial charge in [0.1, 0.15) is 12.6 Å². The van der Waals surface area contributed by atoms with Gasteiger partial charge < -0.3 is 24.6 Å². The molecule has 0 spiro atoms. The minimum atomic E-state index is -1.23. The molecule has 1 amide bonds. The molecule has 1 aliphatic carbocycles. The standard InChI is InChI=1S/C27H25NO7/c1-16(29)35-24-12-11-17(14-25(24)33-2)13-23(26(30)31)28-27(32)34-15-22-20-9-5-3-7-18(20)19-8-4-6-10-21(19)22/h3-12,14,22-23H,13,15H2,1-2H3,(H,28,32)(H,30,31). The average Bonchev–Trinajstić information content (AvgIpc) is 3.16. The summed E-state index contributed by atoms with van der Waals surface area (Å²) in [6.45, 7) is 1.35. The highest BCUT2D eigenvalue weighted by Gasteiger charge is 2.30. The molecular formula is C27H25NO7. The molecule has 0 radical (unpaired) electrons. The number of hydrogen-bond acceptors (Lipinski definition) is 6. The lowest BCUT2D eigenvalue weighted by atomic mass is 9.98. The van der Waals surface area contributed by atoms with Crippen molar-refractivity contribution in [3.63, 3.8) is 0 Å². The molecule has 1 atom stereocenters. The third-order valence-electron chi connectivity index (χ3n) is 5.86.